The van der Waals surface area contributed by atoms with Gasteiger partial charge in [-0.2, -0.15) is 0 Å². The van der Waals surface area contributed by atoms with Crippen molar-refractivity contribution >= 4 is 38.9 Å². The lowest BCUT2D eigenvalue weighted by molar-refractivity contribution is -0.121. The van der Waals surface area contributed by atoms with Crippen molar-refractivity contribution in [2.24, 2.45) is 0 Å². The molecule has 2 aromatic carbocycles. The minimum absolute atomic E-state index is 0.0264. The van der Waals surface area contributed by atoms with E-state index in [-0.39, 0.29) is 29.6 Å². The highest BCUT2D eigenvalue weighted by Gasteiger charge is 2.30. The number of nitrogens with zero attached hydrogens (tertiary/aromatic N) is 3. The number of imide groups is 1. The summed E-state index contributed by atoms with van der Waals surface area (Å²) in [6, 6.07) is 18.4. The van der Waals surface area contributed by atoms with E-state index in [2.05, 4.69) is 9.71 Å². The maximum absolute atomic E-state index is 12.9. The number of fused-ring (bicyclic) bond motifs is 1. The van der Waals surface area contributed by atoms with Crippen LogP contribution < -0.4 is 9.62 Å². The highest BCUT2D eigenvalue weighted by molar-refractivity contribution is 7.92. The highest BCUT2D eigenvalue weighted by Crippen LogP contribution is 2.26. The van der Waals surface area contributed by atoms with E-state index in [9.17, 15) is 18.0 Å². The van der Waals surface area contributed by atoms with Crippen molar-refractivity contribution in [1.29, 1.82) is 0 Å². The van der Waals surface area contributed by atoms with E-state index in [1.165, 1.54) is 24.3 Å². The zero-order chi connectivity index (χ0) is 22.3. The third-order valence-corrected chi connectivity index (χ3v) is 6.63. The number of nitrogens with one attached hydrogen (secondary N) is 1. The van der Waals surface area contributed by atoms with Crippen LogP contribution in [0.3, 0.4) is 0 Å². The molecule has 1 saturated heterocycles. The van der Waals surface area contributed by atoms with Gasteiger partial charge >= 0.3 is 0 Å². The Morgan fingerprint density at radius 1 is 0.875 bits per heavy atom. The van der Waals surface area contributed by atoms with E-state index < -0.39 is 10.0 Å². The maximum atomic E-state index is 12.9. The Balaban J connectivity index is 1.39. The Kier molecular flexibility index (Phi) is 4.75. The third-order valence-electron chi connectivity index (χ3n) is 5.23. The smallest absolute Gasteiger partial charge is 0.261 e. The molecule has 3 heterocycles. The normalized spacial score (nSPS) is 14.3. The predicted molar refractivity (Wildman–Crippen MR) is 120 cm³/mol. The zero-order valence-corrected chi connectivity index (χ0v) is 17.6. The molecule has 9 heteroatoms. The zero-order valence-electron chi connectivity index (χ0n) is 16.8. The van der Waals surface area contributed by atoms with E-state index in [1.807, 2.05) is 41.1 Å². The predicted octanol–water partition coefficient (Wildman–Crippen LogP) is 3.46. The van der Waals surface area contributed by atoms with Crippen LogP contribution in [0.15, 0.2) is 84.0 Å². The molecule has 1 fully saturated rings. The molecule has 32 heavy (non-hydrogen) atoms. The molecule has 0 unspecified atom stereocenters. The number of aromatic nitrogens is 2. The minimum Gasteiger partial charge on any atom is -0.306 e. The van der Waals surface area contributed by atoms with Crippen LogP contribution in [0.1, 0.15) is 12.8 Å². The van der Waals surface area contributed by atoms with E-state index >= 15 is 0 Å². The molecule has 2 amide bonds. The van der Waals surface area contributed by atoms with Gasteiger partial charge in [0.05, 0.1) is 16.3 Å². The molecule has 4 aromatic rings. The molecule has 0 bridgehead atoms. The van der Waals surface area contributed by atoms with Crippen LogP contribution in [-0.2, 0) is 19.6 Å². The number of pyridine rings is 1. The lowest BCUT2D eigenvalue weighted by atomic mass is 10.1. The van der Waals surface area contributed by atoms with Gasteiger partial charge in [-0.1, -0.05) is 18.2 Å². The molecule has 160 valence electrons. The van der Waals surface area contributed by atoms with Crippen molar-refractivity contribution in [3.05, 3.63) is 79.1 Å². The Morgan fingerprint density at radius 2 is 1.62 bits per heavy atom. The second-order valence-electron chi connectivity index (χ2n) is 7.40. The van der Waals surface area contributed by atoms with Crippen molar-refractivity contribution in [1.82, 2.24) is 9.38 Å². The number of sulfonamides is 1. The highest BCUT2D eigenvalue weighted by atomic mass is 32.2. The van der Waals surface area contributed by atoms with Crippen molar-refractivity contribution < 1.29 is 18.0 Å². The van der Waals surface area contributed by atoms with Gasteiger partial charge in [0.2, 0.25) is 11.8 Å². The molecule has 1 N–H and O–H groups in total. The molecule has 2 aromatic heterocycles. The van der Waals surface area contributed by atoms with Crippen molar-refractivity contribution in [3.8, 4) is 11.3 Å². The number of anilines is 2. The van der Waals surface area contributed by atoms with E-state index in [4.69, 9.17) is 0 Å². The first-order chi connectivity index (χ1) is 15.4. The number of hydrogen-bond donors (Lipinski definition) is 1. The number of amides is 2. The van der Waals surface area contributed by atoms with E-state index in [0.29, 0.717) is 11.4 Å². The molecule has 8 nitrogen and oxygen atoms in total. The quantitative estimate of drug-likeness (QED) is 0.473. The van der Waals surface area contributed by atoms with Crippen molar-refractivity contribution in [3.63, 3.8) is 0 Å². The van der Waals surface area contributed by atoms with Gasteiger partial charge < -0.3 is 4.40 Å². The summed E-state index contributed by atoms with van der Waals surface area (Å²) >= 11 is 0. The molecule has 0 spiro atoms. The van der Waals surface area contributed by atoms with Gasteiger partial charge in [0.15, 0.2) is 0 Å². The average Bonchev–Trinajstić information content (AvgIpc) is 3.37. The van der Waals surface area contributed by atoms with Crippen LogP contribution in [0.25, 0.3) is 16.9 Å². The van der Waals surface area contributed by atoms with Crippen LogP contribution >= 0.6 is 0 Å². The van der Waals surface area contributed by atoms with Crippen LogP contribution in [0.4, 0.5) is 11.4 Å². The minimum atomic E-state index is -3.87. The first-order valence-corrected chi connectivity index (χ1v) is 11.4. The summed E-state index contributed by atoms with van der Waals surface area (Å²) < 4.78 is 30.2. The third kappa shape index (κ3) is 3.63. The summed E-state index contributed by atoms with van der Waals surface area (Å²) in [5, 5.41) is 0. The Hall–Kier alpha value is -3.98. The first kappa shape index (κ1) is 20.0. The van der Waals surface area contributed by atoms with Gasteiger partial charge in [-0.05, 0) is 48.5 Å². The first-order valence-electron chi connectivity index (χ1n) is 9.94. The summed E-state index contributed by atoms with van der Waals surface area (Å²) in [4.78, 5) is 29.4. The lowest BCUT2D eigenvalue weighted by Crippen LogP contribution is -2.28. The second-order valence-corrected chi connectivity index (χ2v) is 9.08. The van der Waals surface area contributed by atoms with Crippen molar-refractivity contribution in [2.75, 3.05) is 9.62 Å². The van der Waals surface area contributed by atoms with Gasteiger partial charge in [-0.25, -0.2) is 13.4 Å². The van der Waals surface area contributed by atoms with Crippen LogP contribution in [0.5, 0.6) is 0 Å². The summed E-state index contributed by atoms with van der Waals surface area (Å²) in [5.74, 6) is -0.569. The average molecular weight is 446 g/mol. The fourth-order valence-electron chi connectivity index (χ4n) is 3.67. The Morgan fingerprint density at radius 3 is 2.34 bits per heavy atom. The number of imidazole rings is 1. The Bertz CT molecular complexity index is 1410. The summed E-state index contributed by atoms with van der Waals surface area (Å²) in [5.41, 5.74) is 3.05. The van der Waals surface area contributed by atoms with Crippen LogP contribution in [-0.4, -0.2) is 29.6 Å². The lowest BCUT2D eigenvalue weighted by Gasteiger charge is -2.14. The molecule has 5 rings (SSSR count). The molecule has 0 saturated carbocycles. The fourth-order valence-corrected chi connectivity index (χ4v) is 4.72. The summed E-state index contributed by atoms with van der Waals surface area (Å²) in [6.45, 7) is 0. The summed E-state index contributed by atoms with van der Waals surface area (Å²) in [6.07, 6.45) is 4.11. The molecular weight excluding hydrogens is 428 g/mol. The Labute approximate surface area is 184 Å². The van der Waals surface area contributed by atoms with Gasteiger partial charge in [0.1, 0.15) is 5.65 Å². The fraction of sp³-hybridized carbons (Fsp3) is 0.0870. The number of benzene rings is 2. The number of carbonyl (C=O) groups is 2. The maximum Gasteiger partial charge on any atom is 0.261 e. The molecule has 0 atom stereocenters. The number of hydrogen-bond acceptors (Lipinski definition) is 5. The second kappa shape index (κ2) is 7.61. The SMILES string of the molecule is O=C1CCC(=O)N1c1ccc(S(=O)(=O)Nc2cccc(-c3cn4ccccc4n3)c2)cc1. The molecule has 0 radical (unpaired) electrons. The molecule has 1 aliphatic rings. The number of carbonyl (C=O) groups excluding carboxylic acids is 2. The molecule has 1 aliphatic heterocycles. The van der Waals surface area contributed by atoms with Gasteiger partial charge in [0, 0.05) is 36.5 Å². The van der Waals surface area contributed by atoms with E-state index in [0.717, 1.165) is 21.8 Å². The standard InChI is InChI=1S/C23H18N4O4S/c28-22-11-12-23(29)27(22)18-7-9-19(10-8-18)32(30,31)25-17-5-3-4-16(14-17)20-15-26-13-2-1-6-21(26)24-20/h1-10,13-15,25H,11-12H2. The largest absolute Gasteiger partial charge is 0.306 e. The molecule has 0 aliphatic carbocycles. The van der Waals surface area contributed by atoms with E-state index in [1.54, 1.807) is 18.2 Å². The molecular formula is C23H18N4O4S. The number of rotatable bonds is 5. The monoisotopic (exact) mass is 446 g/mol. The van der Waals surface area contributed by atoms with Gasteiger partial charge in [-0.3, -0.25) is 19.2 Å². The summed E-state index contributed by atoms with van der Waals surface area (Å²) in [7, 11) is -3.87. The van der Waals surface area contributed by atoms with Gasteiger partial charge in [0.25, 0.3) is 10.0 Å². The van der Waals surface area contributed by atoms with Crippen LogP contribution in [0.2, 0.25) is 0 Å². The topological polar surface area (TPSA) is 101 Å². The van der Waals surface area contributed by atoms with Gasteiger partial charge in [-0.15, -0.1) is 0 Å². The van der Waals surface area contributed by atoms with Crippen LogP contribution in [0, 0.1) is 0 Å². The van der Waals surface area contributed by atoms with Crippen molar-refractivity contribution in [2.45, 2.75) is 17.7 Å².